The minimum atomic E-state index is -0.158. The molecule has 0 aliphatic carbocycles. The Labute approximate surface area is 183 Å². The molecule has 0 atom stereocenters. The van der Waals surface area contributed by atoms with E-state index in [0.717, 1.165) is 30.0 Å². The Morgan fingerprint density at radius 1 is 1.16 bits per heavy atom. The van der Waals surface area contributed by atoms with Crippen molar-refractivity contribution in [2.24, 2.45) is 0 Å². The van der Waals surface area contributed by atoms with E-state index in [4.69, 9.17) is 4.74 Å². The van der Waals surface area contributed by atoms with Gasteiger partial charge in [0.05, 0.1) is 19.4 Å². The topological polar surface area (TPSA) is 102 Å². The van der Waals surface area contributed by atoms with E-state index in [2.05, 4.69) is 20.8 Å². The molecule has 0 radical (unpaired) electrons. The molecular weight excluding hydrogens is 416 g/mol. The maximum Gasteiger partial charge on any atom is 0.234 e. The van der Waals surface area contributed by atoms with Gasteiger partial charge in [0.25, 0.3) is 0 Å². The number of aromatic nitrogens is 4. The number of carbonyl (C=O) groups is 2. The average molecular weight is 439 g/mol. The molecule has 1 saturated heterocycles. The zero-order valence-corrected chi connectivity index (χ0v) is 17.8. The quantitative estimate of drug-likeness (QED) is 0.539. The number of anilines is 2. The normalized spacial score (nSPS) is 13.5. The first-order chi connectivity index (χ1) is 15.1. The first-order valence-corrected chi connectivity index (χ1v) is 10.8. The van der Waals surface area contributed by atoms with E-state index in [1.54, 1.807) is 28.8 Å². The highest BCUT2D eigenvalue weighted by atomic mass is 32.2. The monoisotopic (exact) mass is 438 g/mol. The Morgan fingerprint density at radius 3 is 2.61 bits per heavy atom. The van der Waals surface area contributed by atoms with Crippen molar-refractivity contribution in [3.63, 3.8) is 0 Å². The first kappa shape index (κ1) is 20.9. The number of hydrogen-bond donors (Lipinski definition) is 1. The van der Waals surface area contributed by atoms with Gasteiger partial charge in [-0.05, 0) is 58.8 Å². The third-order valence-electron chi connectivity index (χ3n) is 4.86. The van der Waals surface area contributed by atoms with Gasteiger partial charge in [-0.15, -0.1) is 5.10 Å². The summed E-state index contributed by atoms with van der Waals surface area (Å²) in [7, 11) is 1.62. The molecule has 2 aromatic carbocycles. The van der Waals surface area contributed by atoms with Crippen LogP contribution in [0.15, 0.2) is 53.7 Å². The van der Waals surface area contributed by atoms with Crippen molar-refractivity contribution in [3.05, 3.63) is 54.1 Å². The second kappa shape index (κ2) is 9.61. The van der Waals surface area contributed by atoms with Gasteiger partial charge >= 0.3 is 0 Å². The molecular formula is C21H22N6O3S. The molecule has 160 valence electrons. The predicted molar refractivity (Wildman–Crippen MR) is 117 cm³/mol. The zero-order chi connectivity index (χ0) is 21.6. The third-order valence-corrected chi connectivity index (χ3v) is 5.82. The van der Waals surface area contributed by atoms with Crippen LogP contribution >= 0.6 is 11.8 Å². The molecule has 0 spiro atoms. The lowest BCUT2D eigenvalue weighted by atomic mass is 10.2. The van der Waals surface area contributed by atoms with Crippen LogP contribution in [-0.2, 0) is 16.1 Å². The van der Waals surface area contributed by atoms with Gasteiger partial charge in [-0.1, -0.05) is 23.9 Å². The SMILES string of the molecule is COc1ccc(Cn2nnnc2SCC(=O)Nc2ccc(N3CCCC3=O)cc2)cc1. The van der Waals surface area contributed by atoms with E-state index in [1.165, 1.54) is 11.8 Å². The van der Waals surface area contributed by atoms with Crippen LogP contribution in [0, 0.1) is 0 Å². The van der Waals surface area contributed by atoms with Gasteiger partial charge in [-0.25, -0.2) is 4.68 Å². The lowest BCUT2D eigenvalue weighted by molar-refractivity contribution is -0.117. The Kier molecular flexibility index (Phi) is 6.46. The molecule has 1 aromatic heterocycles. The van der Waals surface area contributed by atoms with E-state index in [9.17, 15) is 9.59 Å². The lowest BCUT2D eigenvalue weighted by Gasteiger charge is -2.16. The third kappa shape index (κ3) is 5.21. The number of amides is 2. The number of methoxy groups -OCH3 is 1. The second-order valence-electron chi connectivity index (χ2n) is 7.00. The molecule has 1 aliphatic rings. The fourth-order valence-electron chi connectivity index (χ4n) is 3.28. The molecule has 2 amide bonds. The molecule has 1 N–H and O–H groups in total. The number of carbonyl (C=O) groups excluding carboxylic acids is 2. The summed E-state index contributed by atoms with van der Waals surface area (Å²) in [6.45, 7) is 1.24. The number of thioether (sulfide) groups is 1. The maximum absolute atomic E-state index is 12.4. The lowest BCUT2D eigenvalue weighted by Crippen LogP contribution is -2.23. The summed E-state index contributed by atoms with van der Waals surface area (Å²) in [4.78, 5) is 26.0. The largest absolute Gasteiger partial charge is 0.497 e. The molecule has 10 heteroatoms. The van der Waals surface area contributed by atoms with Crippen molar-refractivity contribution in [2.45, 2.75) is 24.5 Å². The van der Waals surface area contributed by atoms with E-state index in [1.807, 2.05) is 36.4 Å². The van der Waals surface area contributed by atoms with Crippen LogP contribution in [0.4, 0.5) is 11.4 Å². The van der Waals surface area contributed by atoms with Crippen LogP contribution < -0.4 is 15.0 Å². The molecule has 1 fully saturated rings. The molecule has 31 heavy (non-hydrogen) atoms. The summed E-state index contributed by atoms with van der Waals surface area (Å²) < 4.78 is 6.82. The van der Waals surface area contributed by atoms with Crippen LogP contribution in [0.2, 0.25) is 0 Å². The van der Waals surface area contributed by atoms with Crippen LogP contribution in [0.3, 0.4) is 0 Å². The molecule has 0 unspecified atom stereocenters. The predicted octanol–water partition coefficient (Wildman–Crippen LogP) is 2.59. The highest BCUT2D eigenvalue weighted by molar-refractivity contribution is 7.99. The summed E-state index contributed by atoms with van der Waals surface area (Å²) in [5.74, 6) is 0.941. The number of nitrogens with one attached hydrogen (secondary N) is 1. The molecule has 3 aromatic rings. The smallest absolute Gasteiger partial charge is 0.234 e. The van der Waals surface area contributed by atoms with Gasteiger partial charge in [0.2, 0.25) is 17.0 Å². The van der Waals surface area contributed by atoms with Gasteiger partial charge in [0, 0.05) is 24.3 Å². The highest BCUT2D eigenvalue weighted by Gasteiger charge is 2.21. The minimum absolute atomic E-state index is 0.139. The van der Waals surface area contributed by atoms with Crippen molar-refractivity contribution < 1.29 is 14.3 Å². The van der Waals surface area contributed by atoms with Gasteiger partial charge in [-0.3, -0.25) is 9.59 Å². The molecule has 4 rings (SSSR count). The summed E-state index contributed by atoms with van der Waals surface area (Å²) in [5.41, 5.74) is 2.56. The fraction of sp³-hybridized carbons (Fsp3) is 0.286. The molecule has 1 aliphatic heterocycles. The van der Waals surface area contributed by atoms with Crippen molar-refractivity contribution >= 4 is 35.0 Å². The van der Waals surface area contributed by atoms with Gasteiger partial charge < -0.3 is 15.0 Å². The first-order valence-electron chi connectivity index (χ1n) is 9.84. The maximum atomic E-state index is 12.4. The van der Waals surface area contributed by atoms with Crippen molar-refractivity contribution in [1.29, 1.82) is 0 Å². The van der Waals surface area contributed by atoms with E-state index in [-0.39, 0.29) is 17.6 Å². The number of nitrogens with zero attached hydrogens (tertiary/aromatic N) is 5. The number of hydrogen-bond acceptors (Lipinski definition) is 7. The molecule has 0 bridgehead atoms. The average Bonchev–Trinajstić information content (AvgIpc) is 3.42. The van der Waals surface area contributed by atoms with Gasteiger partial charge in [0.15, 0.2) is 0 Å². The Morgan fingerprint density at radius 2 is 1.94 bits per heavy atom. The van der Waals surface area contributed by atoms with Crippen molar-refractivity contribution in [2.75, 3.05) is 29.6 Å². The number of benzene rings is 2. The number of tetrazole rings is 1. The Hall–Kier alpha value is -3.40. The van der Waals surface area contributed by atoms with Crippen molar-refractivity contribution in [1.82, 2.24) is 20.2 Å². The second-order valence-corrected chi connectivity index (χ2v) is 7.94. The summed E-state index contributed by atoms with van der Waals surface area (Å²) in [5, 5.41) is 15.2. The molecule has 9 nitrogen and oxygen atoms in total. The van der Waals surface area contributed by atoms with Gasteiger partial charge in [0.1, 0.15) is 5.75 Å². The van der Waals surface area contributed by atoms with Crippen LogP contribution in [0.5, 0.6) is 5.75 Å². The summed E-state index contributed by atoms with van der Waals surface area (Å²) >= 11 is 1.27. The Balaban J connectivity index is 1.30. The minimum Gasteiger partial charge on any atom is -0.497 e. The summed E-state index contributed by atoms with van der Waals surface area (Å²) in [6, 6.07) is 15.0. The number of ether oxygens (including phenoxy) is 1. The zero-order valence-electron chi connectivity index (χ0n) is 17.0. The highest BCUT2D eigenvalue weighted by Crippen LogP contribution is 2.23. The van der Waals surface area contributed by atoms with Crippen LogP contribution in [0.1, 0.15) is 18.4 Å². The molecule has 2 heterocycles. The van der Waals surface area contributed by atoms with E-state index < -0.39 is 0 Å². The van der Waals surface area contributed by atoms with Crippen LogP contribution in [0.25, 0.3) is 0 Å². The van der Waals surface area contributed by atoms with Crippen molar-refractivity contribution in [3.8, 4) is 5.75 Å². The van der Waals surface area contributed by atoms with E-state index in [0.29, 0.717) is 23.8 Å². The van der Waals surface area contributed by atoms with Gasteiger partial charge in [-0.2, -0.15) is 0 Å². The fourth-order valence-corrected chi connectivity index (χ4v) is 3.95. The van der Waals surface area contributed by atoms with Crippen LogP contribution in [-0.4, -0.2) is 51.4 Å². The van der Waals surface area contributed by atoms with E-state index >= 15 is 0 Å². The Bertz CT molecular complexity index is 1050. The number of rotatable bonds is 8. The standard InChI is InChI=1S/C21H22N6O3S/c1-30-18-10-4-15(5-11-18)13-27-21(23-24-25-27)31-14-19(28)22-16-6-8-17(9-7-16)26-12-2-3-20(26)29/h4-11H,2-3,12-14H2,1H3,(H,22,28). The summed E-state index contributed by atoms with van der Waals surface area (Å²) in [6.07, 6.45) is 1.47. The molecule has 0 saturated carbocycles.